The van der Waals surface area contributed by atoms with E-state index < -0.39 is 11.8 Å². The molecule has 0 bridgehead atoms. The van der Waals surface area contributed by atoms with Gasteiger partial charge in [0.05, 0.1) is 0 Å². The molecule has 2 aliphatic rings. The molecule has 2 rings (SSSR count). The number of unbranched alkanes of at least 4 members (excludes halogenated alkanes) is 1. The van der Waals surface area contributed by atoms with Crippen LogP contribution in [0.25, 0.3) is 0 Å². The number of hydrogen-bond acceptors (Lipinski definition) is 4. The molecule has 6 nitrogen and oxygen atoms in total. The number of carbonyl (C=O) groups excluding carboxylic acids is 3. The second-order valence-corrected chi connectivity index (χ2v) is 6.70. The third-order valence-electron chi connectivity index (χ3n) is 4.89. The van der Waals surface area contributed by atoms with E-state index in [1.807, 2.05) is 20.8 Å². The average molecular weight is 320 g/mol. The zero-order valence-corrected chi connectivity index (χ0v) is 13.9. The molecule has 2 aliphatic heterocycles. The van der Waals surface area contributed by atoms with Crippen molar-refractivity contribution in [3.63, 3.8) is 0 Å². The molecule has 126 valence electrons. The first-order valence-electron chi connectivity index (χ1n) is 7.98. The highest BCUT2D eigenvalue weighted by molar-refractivity contribution is 6.13. The molecule has 0 aliphatic carbocycles. The molecule has 0 fully saturated rings. The monoisotopic (exact) mass is 320 g/mol. The van der Waals surface area contributed by atoms with E-state index in [1.54, 1.807) is 0 Å². The van der Waals surface area contributed by atoms with Crippen molar-refractivity contribution in [1.29, 1.82) is 0 Å². The molecule has 2 unspecified atom stereocenters. The zero-order valence-electron chi connectivity index (χ0n) is 13.9. The fourth-order valence-corrected chi connectivity index (χ4v) is 3.02. The Balaban J connectivity index is 1.80. The predicted octanol–water partition coefficient (Wildman–Crippen LogP) is 1.21. The number of hydrogen-bond donors (Lipinski definition) is 1. The van der Waals surface area contributed by atoms with Crippen LogP contribution in [0.4, 0.5) is 0 Å². The zero-order chi connectivity index (χ0) is 17.2. The molecule has 6 heteroatoms. The van der Waals surface area contributed by atoms with E-state index in [-0.39, 0.29) is 23.6 Å². The van der Waals surface area contributed by atoms with Crippen molar-refractivity contribution in [2.75, 3.05) is 6.54 Å². The maximum Gasteiger partial charge on any atom is 0.254 e. The molecule has 23 heavy (non-hydrogen) atoms. The Hall–Kier alpha value is -1.95. The van der Waals surface area contributed by atoms with Crippen molar-refractivity contribution in [3.05, 3.63) is 24.3 Å². The van der Waals surface area contributed by atoms with E-state index in [9.17, 15) is 19.5 Å². The molecular weight excluding hydrogens is 296 g/mol. The molecule has 0 aromatic rings. The molecule has 0 radical (unpaired) electrons. The summed E-state index contributed by atoms with van der Waals surface area (Å²) in [6.45, 7) is 6.33. The van der Waals surface area contributed by atoms with Gasteiger partial charge in [0.2, 0.25) is 5.91 Å². The van der Waals surface area contributed by atoms with Crippen molar-refractivity contribution in [1.82, 2.24) is 9.80 Å². The van der Waals surface area contributed by atoms with Crippen molar-refractivity contribution in [2.45, 2.75) is 51.8 Å². The van der Waals surface area contributed by atoms with Crippen LogP contribution in [0.5, 0.6) is 0 Å². The predicted molar refractivity (Wildman–Crippen MR) is 84.9 cm³/mol. The highest BCUT2D eigenvalue weighted by Gasteiger charge is 2.40. The van der Waals surface area contributed by atoms with Crippen molar-refractivity contribution in [2.24, 2.45) is 5.92 Å². The maximum absolute atomic E-state index is 11.9. The summed E-state index contributed by atoms with van der Waals surface area (Å²) in [5.41, 5.74) is -0.553. The summed E-state index contributed by atoms with van der Waals surface area (Å²) in [7, 11) is 0. The van der Waals surface area contributed by atoms with Crippen LogP contribution in [0.2, 0.25) is 0 Å². The van der Waals surface area contributed by atoms with Crippen LogP contribution in [0, 0.1) is 5.92 Å². The minimum atomic E-state index is -0.817. The summed E-state index contributed by atoms with van der Waals surface area (Å²) < 4.78 is 0. The molecule has 2 atom stereocenters. The summed E-state index contributed by atoms with van der Waals surface area (Å²) in [6, 6.07) is 0. The number of amides is 3. The fraction of sp³-hybridized carbons (Fsp3) is 0.588. The van der Waals surface area contributed by atoms with Gasteiger partial charge in [-0.15, -0.1) is 0 Å². The number of rotatable bonds is 7. The van der Waals surface area contributed by atoms with E-state index >= 15 is 0 Å². The van der Waals surface area contributed by atoms with Gasteiger partial charge < -0.3 is 10.0 Å². The lowest BCUT2D eigenvalue weighted by Gasteiger charge is -2.39. The summed E-state index contributed by atoms with van der Waals surface area (Å²) in [6.07, 6.45) is 7.11. The summed E-state index contributed by atoms with van der Waals surface area (Å²) in [4.78, 5) is 38.0. The van der Waals surface area contributed by atoms with E-state index in [2.05, 4.69) is 0 Å². The minimum absolute atomic E-state index is 0.132. The SMILES string of the molecule is CC(CCCCN1C(=O)C=CC1O)C(C)(C)N1C(=O)C=CC1=O. The number of imide groups is 1. The summed E-state index contributed by atoms with van der Waals surface area (Å²) >= 11 is 0. The van der Waals surface area contributed by atoms with E-state index in [1.165, 1.54) is 34.1 Å². The molecule has 1 N–H and O–H groups in total. The van der Waals surface area contributed by atoms with Gasteiger partial charge in [0, 0.05) is 30.3 Å². The second-order valence-electron chi connectivity index (χ2n) is 6.70. The lowest BCUT2D eigenvalue weighted by molar-refractivity contribution is -0.145. The fourth-order valence-electron chi connectivity index (χ4n) is 3.02. The van der Waals surface area contributed by atoms with Crippen LogP contribution >= 0.6 is 0 Å². The highest BCUT2D eigenvalue weighted by Crippen LogP contribution is 2.30. The van der Waals surface area contributed by atoms with Crippen LogP contribution in [0.15, 0.2) is 24.3 Å². The standard InChI is InChI=1S/C17H24N2O4/c1-12(17(2,3)19-15(22)9-10-16(19)23)6-4-5-11-18-13(20)7-8-14(18)21/h7-10,12-13,20H,4-6,11H2,1-3H3. The normalized spacial score (nSPS) is 22.6. The number of aliphatic hydroxyl groups excluding tert-OH is 1. The van der Waals surface area contributed by atoms with Gasteiger partial charge in [0.1, 0.15) is 6.23 Å². The van der Waals surface area contributed by atoms with Crippen LogP contribution in [-0.4, -0.2) is 50.9 Å². The molecule has 0 saturated heterocycles. The first-order chi connectivity index (χ1) is 10.7. The second kappa shape index (κ2) is 6.66. The Labute approximate surface area is 136 Å². The van der Waals surface area contributed by atoms with Gasteiger partial charge in [-0.05, 0) is 38.7 Å². The van der Waals surface area contributed by atoms with Gasteiger partial charge in [-0.2, -0.15) is 0 Å². The molecular formula is C17H24N2O4. The third-order valence-corrected chi connectivity index (χ3v) is 4.89. The van der Waals surface area contributed by atoms with Gasteiger partial charge in [-0.1, -0.05) is 13.3 Å². The maximum atomic E-state index is 11.9. The Morgan fingerprint density at radius 2 is 1.70 bits per heavy atom. The first-order valence-corrected chi connectivity index (χ1v) is 7.98. The van der Waals surface area contributed by atoms with E-state index in [0.717, 1.165) is 19.3 Å². The van der Waals surface area contributed by atoms with Crippen LogP contribution < -0.4 is 0 Å². The van der Waals surface area contributed by atoms with E-state index in [0.29, 0.717) is 6.54 Å². The Morgan fingerprint density at radius 3 is 2.22 bits per heavy atom. The smallest absolute Gasteiger partial charge is 0.254 e. The third kappa shape index (κ3) is 3.52. The molecule has 0 spiro atoms. The highest BCUT2D eigenvalue weighted by atomic mass is 16.3. The summed E-state index contributed by atoms with van der Waals surface area (Å²) in [5.74, 6) is -0.551. The van der Waals surface area contributed by atoms with Crippen LogP contribution in [0.1, 0.15) is 40.0 Å². The number of aliphatic hydroxyl groups is 1. The summed E-state index contributed by atoms with van der Waals surface area (Å²) in [5, 5.41) is 9.63. The lowest BCUT2D eigenvalue weighted by atomic mass is 9.83. The van der Waals surface area contributed by atoms with Gasteiger partial charge in [0.15, 0.2) is 0 Å². The van der Waals surface area contributed by atoms with Crippen molar-refractivity contribution in [3.8, 4) is 0 Å². The Morgan fingerprint density at radius 1 is 1.09 bits per heavy atom. The van der Waals surface area contributed by atoms with Crippen molar-refractivity contribution >= 4 is 17.7 Å². The topological polar surface area (TPSA) is 77.9 Å². The van der Waals surface area contributed by atoms with E-state index in [4.69, 9.17) is 0 Å². The molecule has 3 amide bonds. The van der Waals surface area contributed by atoms with Crippen LogP contribution in [-0.2, 0) is 14.4 Å². The quantitative estimate of drug-likeness (QED) is 0.565. The largest absolute Gasteiger partial charge is 0.370 e. The van der Waals surface area contributed by atoms with Crippen molar-refractivity contribution < 1.29 is 19.5 Å². The number of carbonyl (C=O) groups is 3. The van der Waals surface area contributed by atoms with Gasteiger partial charge >= 0.3 is 0 Å². The van der Waals surface area contributed by atoms with Crippen LogP contribution in [0.3, 0.4) is 0 Å². The average Bonchev–Trinajstić information content (AvgIpc) is 2.98. The first kappa shape index (κ1) is 17.4. The van der Waals surface area contributed by atoms with Gasteiger partial charge in [-0.25, -0.2) is 0 Å². The minimum Gasteiger partial charge on any atom is -0.370 e. The van der Waals surface area contributed by atoms with Gasteiger partial charge in [-0.3, -0.25) is 19.3 Å². The lowest BCUT2D eigenvalue weighted by Crippen LogP contribution is -2.51. The molecule has 0 aromatic carbocycles. The Bertz CT molecular complexity index is 547. The number of nitrogens with zero attached hydrogens (tertiary/aromatic N) is 2. The Kier molecular flexibility index (Phi) is 5.04. The molecule has 2 heterocycles. The van der Waals surface area contributed by atoms with Gasteiger partial charge in [0.25, 0.3) is 11.8 Å². The molecule has 0 aromatic heterocycles. The molecule has 0 saturated carbocycles.